The summed E-state index contributed by atoms with van der Waals surface area (Å²) in [5.41, 5.74) is 2.68. The van der Waals surface area contributed by atoms with Crippen molar-refractivity contribution in [3.63, 3.8) is 0 Å². The van der Waals surface area contributed by atoms with Crippen molar-refractivity contribution in [2.24, 2.45) is 0 Å². The second kappa shape index (κ2) is 8.15. The number of allylic oxidation sites excluding steroid dienone is 1. The van der Waals surface area contributed by atoms with Gasteiger partial charge in [-0.25, -0.2) is 0 Å². The molecule has 1 atom stereocenters. The Morgan fingerprint density at radius 2 is 1.92 bits per heavy atom. The Morgan fingerprint density at radius 3 is 2.58 bits per heavy atom. The Morgan fingerprint density at radius 1 is 1.15 bits per heavy atom. The molecular weight excluding hydrogens is 328 g/mol. The minimum atomic E-state index is -0.137. The first-order chi connectivity index (χ1) is 12.6. The Hall–Kier alpha value is -2.66. The van der Waals surface area contributed by atoms with Gasteiger partial charge in [-0.1, -0.05) is 30.3 Å². The summed E-state index contributed by atoms with van der Waals surface area (Å²) in [4.78, 5) is 26.7. The van der Waals surface area contributed by atoms with E-state index in [0.717, 1.165) is 16.9 Å². The molecule has 1 aromatic heterocycles. The van der Waals surface area contributed by atoms with Crippen LogP contribution in [0.25, 0.3) is 5.57 Å². The number of ketones is 1. The highest BCUT2D eigenvalue weighted by atomic mass is 16.3. The van der Waals surface area contributed by atoms with Crippen molar-refractivity contribution >= 4 is 17.3 Å². The molecule has 0 fully saturated rings. The number of amides is 1. The second-order valence-corrected chi connectivity index (χ2v) is 6.72. The van der Waals surface area contributed by atoms with E-state index in [9.17, 15) is 9.59 Å². The molecule has 3 rings (SSSR count). The third-order valence-electron chi connectivity index (χ3n) is 4.75. The Balaban J connectivity index is 1.67. The smallest absolute Gasteiger partial charge is 0.224 e. The number of hydrogen-bond donors (Lipinski definition) is 1. The summed E-state index contributed by atoms with van der Waals surface area (Å²) >= 11 is 0. The van der Waals surface area contributed by atoms with Gasteiger partial charge >= 0.3 is 0 Å². The summed E-state index contributed by atoms with van der Waals surface area (Å²) < 4.78 is 5.46. The van der Waals surface area contributed by atoms with E-state index in [2.05, 4.69) is 5.32 Å². The molecule has 1 aliphatic carbocycles. The van der Waals surface area contributed by atoms with Gasteiger partial charge < -0.3 is 9.73 Å². The molecule has 1 aliphatic rings. The molecule has 5 heteroatoms. The van der Waals surface area contributed by atoms with E-state index in [0.29, 0.717) is 25.0 Å². The normalized spacial score (nSPS) is 15.6. The number of hydrogen-bond acceptors (Lipinski definition) is 4. The lowest BCUT2D eigenvalue weighted by Gasteiger charge is -2.22. The van der Waals surface area contributed by atoms with E-state index in [1.54, 1.807) is 6.26 Å². The molecule has 1 N–H and O–H groups in total. The van der Waals surface area contributed by atoms with E-state index in [1.165, 1.54) is 0 Å². The van der Waals surface area contributed by atoms with Crippen molar-refractivity contribution in [3.05, 3.63) is 65.6 Å². The van der Waals surface area contributed by atoms with Crippen molar-refractivity contribution in [1.82, 2.24) is 10.2 Å². The number of nitrogens with zero attached hydrogens (tertiary/aromatic N) is 1. The average Bonchev–Trinajstić information content (AvgIpc) is 3.27. The highest BCUT2D eigenvalue weighted by molar-refractivity contribution is 6.10. The molecule has 0 aliphatic heterocycles. The zero-order valence-corrected chi connectivity index (χ0v) is 15.2. The molecule has 1 heterocycles. The third kappa shape index (κ3) is 4.11. The Bertz CT molecular complexity index is 792. The number of nitrogens with one attached hydrogen (secondary N) is 1. The van der Waals surface area contributed by atoms with Crippen molar-refractivity contribution in [1.29, 1.82) is 0 Å². The van der Waals surface area contributed by atoms with Gasteiger partial charge in [-0.3, -0.25) is 14.5 Å². The van der Waals surface area contributed by atoms with Crippen LogP contribution in [0.3, 0.4) is 0 Å². The molecule has 5 nitrogen and oxygen atoms in total. The molecular formula is C21H24N2O3. The van der Waals surface area contributed by atoms with Gasteiger partial charge in [0.1, 0.15) is 5.76 Å². The summed E-state index contributed by atoms with van der Waals surface area (Å²) in [5, 5.41) is 2.94. The Kier molecular flexibility index (Phi) is 5.68. The van der Waals surface area contributed by atoms with Crippen molar-refractivity contribution in [3.8, 4) is 0 Å². The topological polar surface area (TPSA) is 62.6 Å². The molecule has 0 saturated heterocycles. The fourth-order valence-electron chi connectivity index (χ4n) is 3.32. The molecule has 0 radical (unpaired) electrons. The molecule has 1 amide bonds. The average molecular weight is 352 g/mol. The van der Waals surface area contributed by atoms with Crippen molar-refractivity contribution in [2.75, 3.05) is 20.6 Å². The summed E-state index contributed by atoms with van der Waals surface area (Å²) in [6.45, 7) is 0.432. The van der Waals surface area contributed by atoms with Crippen molar-refractivity contribution in [2.45, 2.75) is 25.3 Å². The van der Waals surface area contributed by atoms with Crippen LogP contribution in [0.4, 0.5) is 0 Å². The van der Waals surface area contributed by atoms with Gasteiger partial charge in [-0.2, -0.15) is 0 Å². The van der Waals surface area contributed by atoms with Gasteiger partial charge in [0.2, 0.25) is 5.91 Å². The fraction of sp³-hybridized carbons (Fsp3) is 0.333. The minimum absolute atomic E-state index is 0.0456. The number of furan rings is 1. The minimum Gasteiger partial charge on any atom is -0.468 e. The number of rotatable bonds is 7. The number of benzene rings is 1. The highest BCUT2D eigenvalue weighted by Crippen LogP contribution is 2.33. The van der Waals surface area contributed by atoms with Crippen LogP contribution in [0, 0.1) is 0 Å². The molecule has 0 spiro atoms. The predicted molar refractivity (Wildman–Crippen MR) is 100 cm³/mol. The van der Waals surface area contributed by atoms with Crippen LogP contribution in [0.15, 0.2) is 58.7 Å². The summed E-state index contributed by atoms with van der Waals surface area (Å²) in [6.07, 6.45) is 2.95. The lowest BCUT2D eigenvalue weighted by Crippen LogP contribution is -2.34. The van der Waals surface area contributed by atoms with Gasteiger partial charge in [0.15, 0.2) is 5.78 Å². The number of carbonyl (C=O) groups is 2. The summed E-state index contributed by atoms with van der Waals surface area (Å²) in [5.74, 6) is 0.743. The molecule has 1 aromatic carbocycles. The number of likely N-dealkylation sites (N-methyl/N-ethyl adjacent to an activating group) is 1. The second-order valence-electron chi connectivity index (χ2n) is 6.72. The van der Waals surface area contributed by atoms with Crippen LogP contribution in [-0.4, -0.2) is 37.2 Å². The molecule has 1 unspecified atom stereocenters. The molecule has 136 valence electrons. The molecule has 0 bridgehead atoms. The van der Waals surface area contributed by atoms with Crippen LogP contribution < -0.4 is 5.32 Å². The molecule has 2 aromatic rings. The van der Waals surface area contributed by atoms with Crippen LogP contribution >= 0.6 is 0 Å². The first kappa shape index (κ1) is 18.1. The van der Waals surface area contributed by atoms with E-state index < -0.39 is 0 Å². The monoisotopic (exact) mass is 352 g/mol. The van der Waals surface area contributed by atoms with Crippen LogP contribution in [0.5, 0.6) is 0 Å². The highest BCUT2D eigenvalue weighted by Gasteiger charge is 2.26. The Labute approximate surface area is 153 Å². The van der Waals surface area contributed by atoms with E-state index in [-0.39, 0.29) is 24.2 Å². The van der Waals surface area contributed by atoms with Gasteiger partial charge in [0, 0.05) is 18.5 Å². The van der Waals surface area contributed by atoms with E-state index in [1.807, 2.05) is 61.5 Å². The van der Waals surface area contributed by atoms with E-state index in [4.69, 9.17) is 4.42 Å². The zero-order valence-electron chi connectivity index (χ0n) is 15.2. The molecule has 0 saturated carbocycles. The molecule has 26 heavy (non-hydrogen) atoms. The van der Waals surface area contributed by atoms with Gasteiger partial charge in [-0.05, 0) is 43.8 Å². The zero-order chi connectivity index (χ0) is 18.5. The third-order valence-corrected chi connectivity index (χ3v) is 4.75. The summed E-state index contributed by atoms with van der Waals surface area (Å²) in [7, 11) is 3.88. The maximum absolute atomic E-state index is 12.5. The fourth-order valence-corrected chi connectivity index (χ4v) is 3.32. The van der Waals surface area contributed by atoms with Gasteiger partial charge in [0.25, 0.3) is 0 Å². The maximum atomic E-state index is 12.5. The summed E-state index contributed by atoms with van der Waals surface area (Å²) in [6, 6.07) is 13.5. The maximum Gasteiger partial charge on any atom is 0.224 e. The number of Topliss-reactive ketones (excluding diaryl/α,β-unsaturated/α-hetero) is 1. The first-order valence-electron chi connectivity index (χ1n) is 8.83. The largest absolute Gasteiger partial charge is 0.468 e. The van der Waals surface area contributed by atoms with Crippen molar-refractivity contribution < 1.29 is 14.0 Å². The van der Waals surface area contributed by atoms with Crippen LogP contribution in [0.1, 0.15) is 36.6 Å². The van der Waals surface area contributed by atoms with E-state index >= 15 is 0 Å². The lowest BCUT2D eigenvalue weighted by molar-refractivity contribution is -0.122. The SMILES string of the molecule is CN(C)C(CNC(=O)CC1=C(c2ccccc2)CCC1=O)c1ccco1. The van der Waals surface area contributed by atoms with Gasteiger partial charge in [-0.15, -0.1) is 0 Å². The quantitative estimate of drug-likeness (QED) is 0.831. The lowest BCUT2D eigenvalue weighted by atomic mass is 10.00. The predicted octanol–water partition coefficient (Wildman–Crippen LogP) is 3.21. The number of carbonyl (C=O) groups excluding carboxylic acids is 2. The standard InChI is InChI=1S/C21H24N2O3/c1-23(2)18(20-9-6-12-26-20)14-22-21(25)13-17-16(10-11-19(17)24)15-7-4-3-5-8-15/h3-9,12,18H,10-11,13-14H2,1-2H3,(H,22,25). The van der Waals surface area contributed by atoms with Gasteiger partial charge in [0.05, 0.1) is 18.7 Å². The first-order valence-corrected chi connectivity index (χ1v) is 8.83. The van der Waals surface area contributed by atoms with Crippen LogP contribution in [0.2, 0.25) is 0 Å². The van der Waals surface area contributed by atoms with Crippen LogP contribution in [-0.2, 0) is 9.59 Å².